The summed E-state index contributed by atoms with van der Waals surface area (Å²) in [7, 11) is 2.21. The van der Waals surface area contributed by atoms with Gasteiger partial charge in [0.2, 0.25) is 0 Å². The van der Waals surface area contributed by atoms with Crippen LogP contribution >= 0.6 is 0 Å². The molecule has 0 spiro atoms. The van der Waals surface area contributed by atoms with Crippen LogP contribution in [0.5, 0.6) is 0 Å². The van der Waals surface area contributed by atoms with Gasteiger partial charge in [0, 0.05) is 0 Å². The Morgan fingerprint density at radius 1 is 1.33 bits per heavy atom. The standard InChI is InChI=1S/C8H12B/c1-3-7-5-6-9-8(7)4-2/h5-6H,3-4H2,1-2H3. The quantitative estimate of drug-likeness (QED) is 0.489. The van der Waals surface area contributed by atoms with Crippen molar-refractivity contribution in [3.05, 3.63) is 23.1 Å². The van der Waals surface area contributed by atoms with Crippen molar-refractivity contribution < 1.29 is 0 Å². The first-order chi connectivity index (χ1) is 4.38. The molecule has 0 nitrogen and oxygen atoms in total. The zero-order valence-electron chi connectivity index (χ0n) is 6.15. The Morgan fingerprint density at radius 3 is 2.56 bits per heavy atom. The lowest BCUT2D eigenvalue weighted by Crippen LogP contribution is -1.88. The molecule has 0 aromatic carbocycles. The van der Waals surface area contributed by atoms with Crippen molar-refractivity contribution in [2.24, 2.45) is 0 Å². The van der Waals surface area contributed by atoms with E-state index in [1.54, 1.807) is 0 Å². The molecule has 9 heavy (non-hydrogen) atoms. The van der Waals surface area contributed by atoms with Gasteiger partial charge in [0.05, 0.1) is 0 Å². The van der Waals surface area contributed by atoms with E-state index >= 15 is 0 Å². The van der Waals surface area contributed by atoms with E-state index in [2.05, 4.69) is 33.2 Å². The van der Waals surface area contributed by atoms with Gasteiger partial charge in [-0.2, -0.15) is 0 Å². The molecule has 0 N–H and O–H groups in total. The van der Waals surface area contributed by atoms with Crippen molar-refractivity contribution in [3.8, 4) is 0 Å². The minimum absolute atomic E-state index is 1.18. The molecule has 1 heteroatoms. The summed E-state index contributed by atoms with van der Waals surface area (Å²) in [6, 6.07) is 0. The van der Waals surface area contributed by atoms with E-state index < -0.39 is 0 Å². The molecular weight excluding hydrogens is 107 g/mol. The first-order valence-electron chi connectivity index (χ1n) is 3.62. The minimum atomic E-state index is 1.18. The normalized spacial score (nSPS) is 16.7. The summed E-state index contributed by atoms with van der Waals surface area (Å²) in [5.41, 5.74) is 3.02. The highest BCUT2D eigenvalue weighted by molar-refractivity contribution is 6.52. The average molecular weight is 119 g/mol. The van der Waals surface area contributed by atoms with Gasteiger partial charge in [-0.3, -0.25) is 0 Å². The Balaban J connectivity index is 2.67. The van der Waals surface area contributed by atoms with Crippen LogP contribution in [-0.2, 0) is 0 Å². The maximum atomic E-state index is 2.21. The Morgan fingerprint density at radius 2 is 2.11 bits per heavy atom. The van der Waals surface area contributed by atoms with E-state index in [9.17, 15) is 0 Å². The Kier molecular flexibility index (Phi) is 2.15. The molecule has 1 aliphatic heterocycles. The second-order valence-corrected chi connectivity index (χ2v) is 2.28. The summed E-state index contributed by atoms with van der Waals surface area (Å²) in [5.74, 6) is 2.14. The van der Waals surface area contributed by atoms with Crippen molar-refractivity contribution in [2.45, 2.75) is 26.7 Å². The van der Waals surface area contributed by atoms with Crippen molar-refractivity contribution in [2.75, 3.05) is 0 Å². The number of rotatable bonds is 2. The zero-order chi connectivity index (χ0) is 6.69. The van der Waals surface area contributed by atoms with Crippen molar-refractivity contribution in [1.82, 2.24) is 0 Å². The molecule has 0 aliphatic carbocycles. The maximum Gasteiger partial charge on any atom is 0.176 e. The molecule has 0 bridgehead atoms. The number of hydrogen-bond donors (Lipinski definition) is 0. The van der Waals surface area contributed by atoms with Gasteiger partial charge < -0.3 is 0 Å². The van der Waals surface area contributed by atoms with Gasteiger partial charge >= 0.3 is 0 Å². The van der Waals surface area contributed by atoms with E-state index in [4.69, 9.17) is 0 Å². The van der Waals surface area contributed by atoms with Gasteiger partial charge in [0.25, 0.3) is 0 Å². The number of hydrogen-bond acceptors (Lipinski definition) is 0. The zero-order valence-corrected chi connectivity index (χ0v) is 6.15. The molecule has 0 saturated heterocycles. The first-order valence-corrected chi connectivity index (χ1v) is 3.62. The van der Waals surface area contributed by atoms with Crippen LogP contribution in [0.3, 0.4) is 0 Å². The fraction of sp³-hybridized carbons (Fsp3) is 0.500. The highest BCUT2D eigenvalue weighted by Gasteiger charge is 2.04. The van der Waals surface area contributed by atoms with Gasteiger partial charge in [-0.25, -0.2) is 0 Å². The van der Waals surface area contributed by atoms with Crippen LogP contribution < -0.4 is 0 Å². The van der Waals surface area contributed by atoms with E-state index in [1.807, 2.05) is 0 Å². The summed E-state index contributed by atoms with van der Waals surface area (Å²) in [5, 5.41) is 0. The molecule has 1 heterocycles. The predicted octanol–water partition coefficient (Wildman–Crippen LogP) is 2.29. The van der Waals surface area contributed by atoms with Gasteiger partial charge in [-0.05, 0) is 12.8 Å². The lowest BCUT2D eigenvalue weighted by molar-refractivity contribution is 1.08. The molecule has 47 valence electrons. The Labute approximate surface area is 57.9 Å². The summed E-state index contributed by atoms with van der Waals surface area (Å²) in [4.78, 5) is 0. The average Bonchev–Trinajstić information content (AvgIpc) is 2.33. The van der Waals surface area contributed by atoms with Gasteiger partial charge in [-0.15, -0.1) is 11.4 Å². The van der Waals surface area contributed by atoms with E-state index in [0.717, 1.165) is 0 Å². The topological polar surface area (TPSA) is 0 Å². The molecule has 0 atom stereocenters. The molecule has 1 rings (SSSR count). The fourth-order valence-electron chi connectivity index (χ4n) is 1.18. The summed E-state index contributed by atoms with van der Waals surface area (Å²) in [6.45, 7) is 4.41. The monoisotopic (exact) mass is 119 g/mol. The van der Waals surface area contributed by atoms with Crippen LogP contribution in [0.1, 0.15) is 26.7 Å². The SMILES string of the molecule is CCC1=C(CC)C=C[B]1. The molecule has 0 aromatic heterocycles. The second kappa shape index (κ2) is 2.91. The molecule has 0 aromatic rings. The smallest absolute Gasteiger partial charge is 0.116 e. The minimum Gasteiger partial charge on any atom is -0.116 e. The molecule has 0 saturated carbocycles. The van der Waals surface area contributed by atoms with E-state index in [-0.39, 0.29) is 0 Å². The second-order valence-electron chi connectivity index (χ2n) is 2.28. The van der Waals surface area contributed by atoms with Gasteiger partial charge in [-0.1, -0.05) is 25.5 Å². The molecule has 1 radical (unpaired) electrons. The van der Waals surface area contributed by atoms with Crippen LogP contribution in [0.4, 0.5) is 0 Å². The first kappa shape index (κ1) is 6.66. The van der Waals surface area contributed by atoms with E-state index in [0.29, 0.717) is 0 Å². The van der Waals surface area contributed by atoms with Crippen LogP contribution in [0.25, 0.3) is 0 Å². The lowest BCUT2D eigenvalue weighted by Gasteiger charge is -1.98. The lowest BCUT2D eigenvalue weighted by atomic mass is 9.71. The molecule has 1 aliphatic rings. The Hall–Kier alpha value is -0.455. The van der Waals surface area contributed by atoms with Crippen molar-refractivity contribution in [3.63, 3.8) is 0 Å². The molecule has 0 amide bonds. The molecule has 0 unspecified atom stereocenters. The molecular formula is C8H12B. The van der Waals surface area contributed by atoms with E-state index in [1.165, 1.54) is 23.9 Å². The van der Waals surface area contributed by atoms with Crippen LogP contribution in [-0.4, -0.2) is 7.28 Å². The van der Waals surface area contributed by atoms with Gasteiger partial charge in [0.15, 0.2) is 7.28 Å². The van der Waals surface area contributed by atoms with Crippen LogP contribution in [0, 0.1) is 0 Å². The highest BCUT2D eigenvalue weighted by atomic mass is 14.0. The van der Waals surface area contributed by atoms with Crippen molar-refractivity contribution >= 4 is 7.28 Å². The molecule has 0 fully saturated rings. The third-order valence-corrected chi connectivity index (χ3v) is 1.77. The third kappa shape index (κ3) is 1.26. The Bertz CT molecular complexity index is 154. The summed E-state index contributed by atoms with van der Waals surface area (Å²) in [6.07, 6.45) is 4.56. The largest absolute Gasteiger partial charge is 0.176 e. The number of allylic oxidation sites excluding steroid dienone is 3. The van der Waals surface area contributed by atoms with Gasteiger partial charge in [0.1, 0.15) is 0 Å². The van der Waals surface area contributed by atoms with Crippen LogP contribution in [0.15, 0.2) is 23.1 Å². The third-order valence-electron chi connectivity index (χ3n) is 1.77. The fourth-order valence-corrected chi connectivity index (χ4v) is 1.18. The predicted molar refractivity (Wildman–Crippen MR) is 42.5 cm³/mol. The highest BCUT2D eigenvalue weighted by Crippen LogP contribution is 2.17. The maximum absolute atomic E-state index is 2.21. The summed E-state index contributed by atoms with van der Waals surface area (Å²) >= 11 is 0. The van der Waals surface area contributed by atoms with Crippen LogP contribution in [0.2, 0.25) is 0 Å². The summed E-state index contributed by atoms with van der Waals surface area (Å²) < 4.78 is 0. The van der Waals surface area contributed by atoms with Crippen molar-refractivity contribution in [1.29, 1.82) is 0 Å².